The molecule has 0 fully saturated rings. The number of nitrogens with one attached hydrogen (secondary N) is 1. The first-order valence-electron chi connectivity index (χ1n) is 7.66. The van der Waals surface area contributed by atoms with Crippen LogP contribution in [0.15, 0.2) is 48.5 Å². The summed E-state index contributed by atoms with van der Waals surface area (Å²) in [6.45, 7) is 4.72. The van der Waals surface area contributed by atoms with Crippen LogP contribution in [-0.2, 0) is 4.79 Å². The average Bonchev–Trinajstić information content (AvgIpc) is 2.56. The van der Waals surface area contributed by atoms with Crippen LogP contribution in [0, 0.1) is 25.7 Å². The van der Waals surface area contributed by atoms with Gasteiger partial charge >= 0.3 is 0 Å². The molecule has 0 spiro atoms. The maximum absolute atomic E-state index is 11.7. The van der Waals surface area contributed by atoms with Crippen LogP contribution >= 0.6 is 0 Å². The monoisotopic (exact) mass is 307 g/mol. The van der Waals surface area contributed by atoms with Gasteiger partial charge in [0.2, 0.25) is 5.91 Å². The van der Waals surface area contributed by atoms with Gasteiger partial charge in [0.1, 0.15) is 5.75 Å². The van der Waals surface area contributed by atoms with Gasteiger partial charge in [0.05, 0.1) is 19.6 Å². The summed E-state index contributed by atoms with van der Waals surface area (Å²) in [7, 11) is 0. The molecule has 3 nitrogen and oxygen atoms in total. The molecule has 0 atom stereocenters. The lowest BCUT2D eigenvalue weighted by molar-refractivity contribution is -0.121. The lowest BCUT2D eigenvalue weighted by atomic mass is 10.1. The Morgan fingerprint density at radius 2 is 1.91 bits per heavy atom. The van der Waals surface area contributed by atoms with Gasteiger partial charge in [-0.1, -0.05) is 42.2 Å². The fraction of sp³-hybridized carbons (Fsp3) is 0.250. The average molecular weight is 307 g/mol. The molecule has 0 aromatic heterocycles. The number of carbonyl (C=O) groups is 1. The van der Waals surface area contributed by atoms with Gasteiger partial charge in [0.15, 0.2) is 0 Å². The molecule has 0 aliphatic carbocycles. The fourth-order valence-corrected chi connectivity index (χ4v) is 2.02. The van der Waals surface area contributed by atoms with Crippen LogP contribution in [0.1, 0.15) is 23.1 Å². The first-order chi connectivity index (χ1) is 11.1. The van der Waals surface area contributed by atoms with Crippen molar-refractivity contribution in [2.24, 2.45) is 0 Å². The van der Waals surface area contributed by atoms with Crippen molar-refractivity contribution in [3.05, 3.63) is 65.2 Å². The molecule has 2 rings (SSSR count). The molecule has 0 aliphatic rings. The highest BCUT2D eigenvalue weighted by atomic mass is 16.5. The summed E-state index contributed by atoms with van der Waals surface area (Å²) in [6, 6.07) is 15.7. The molecule has 1 N–H and O–H groups in total. The number of hydrogen-bond donors (Lipinski definition) is 1. The van der Waals surface area contributed by atoms with Crippen molar-refractivity contribution in [1.29, 1.82) is 0 Å². The second-order valence-corrected chi connectivity index (χ2v) is 5.31. The molecule has 0 unspecified atom stereocenters. The molecule has 1 amide bonds. The summed E-state index contributed by atoms with van der Waals surface area (Å²) in [5, 5.41) is 2.77. The number of aryl methyl sites for hydroxylation is 2. The van der Waals surface area contributed by atoms with Crippen LogP contribution in [0.4, 0.5) is 0 Å². The Morgan fingerprint density at radius 1 is 1.13 bits per heavy atom. The highest BCUT2D eigenvalue weighted by molar-refractivity contribution is 5.76. The topological polar surface area (TPSA) is 38.3 Å². The maximum atomic E-state index is 11.7. The third kappa shape index (κ3) is 5.88. The lowest BCUT2D eigenvalue weighted by Gasteiger charge is -2.09. The number of benzene rings is 2. The largest absolute Gasteiger partial charge is 0.493 e. The molecule has 0 heterocycles. The van der Waals surface area contributed by atoms with E-state index in [9.17, 15) is 4.79 Å². The Labute approximate surface area is 137 Å². The zero-order valence-corrected chi connectivity index (χ0v) is 13.6. The van der Waals surface area contributed by atoms with Crippen molar-refractivity contribution >= 4 is 5.91 Å². The van der Waals surface area contributed by atoms with Crippen LogP contribution in [0.3, 0.4) is 0 Å². The number of hydrogen-bond acceptors (Lipinski definition) is 2. The third-order valence-corrected chi connectivity index (χ3v) is 3.31. The van der Waals surface area contributed by atoms with Crippen molar-refractivity contribution in [3.8, 4) is 17.6 Å². The fourth-order valence-electron chi connectivity index (χ4n) is 2.02. The molecule has 0 saturated carbocycles. The molecule has 0 bridgehead atoms. The van der Waals surface area contributed by atoms with Crippen LogP contribution in [0.5, 0.6) is 5.75 Å². The van der Waals surface area contributed by atoms with Gasteiger partial charge in [-0.05, 0) is 43.2 Å². The zero-order valence-electron chi connectivity index (χ0n) is 13.6. The standard InChI is InChI=1S/C20H21NO2/c1-16-10-11-17(2)19(15-16)23-14-12-20(22)21-13-6-9-18-7-4-3-5-8-18/h3-5,7-8,10-11,15H,12-14H2,1-2H3,(H,21,22). The normalized spacial score (nSPS) is 9.65. The van der Waals surface area contributed by atoms with Crippen LogP contribution in [0.25, 0.3) is 0 Å². The number of amides is 1. The second-order valence-electron chi connectivity index (χ2n) is 5.31. The molecule has 2 aromatic rings. The van der Waals surface area contributed by atoms with Gasteiger partial charge in [0, 0.05) is 5.56 Å². The van der Waals surface area contributed by atoms with Gasteiger partial charge < -0.3 is 10.1 Å². The molecule has 3 heteroatoms. The summed E-state index contributed by atoms with van der Waals surface area (Å²) in [5.41, 5.74) is 3.16. The predicted octanol–water partition coefficient (Wildman–Crippen LogP) is 3.24. The minimum Gasteiger partial charge on any atom is -0.493 e. The smallest absolute Gasteiger partial charge is 0.224 e. The Kier molecular flexibility index (Phi) is 6.26. The van der Waals surface area contributed by atoms with E-state index in [0.717, 1.165) is 22.4 Å². The molecular weight excluding hydrogens is 286 g/mol. The van der Waals surface area contributed by atoms with E-state index >= 15 is 0 Å². The van der Waals surface area contributed by atoms with Gasteiger partial charge in [-0.2, -0.15) is 0 Å². The van der Waals surface area contributed by atoms with E-state index in [2.05, 4.69) is 17.2 Å². The van der Waals surface area contributed by atoms with E-state index < -0.39 is 0 Å². The zero-order chi connectivity index (χ0) is 16.5. The van der Waals surface area contributed by atoms with Crippen molar-refractivity contribution in [1.82, 2.24) is 5.32 Å². The van der Waals surface area contributed by atoms with Gasteiger partial charge in [-0.3, -0.25) is 4.79 Å². The molecule has 0 radical (unpaired) electrons. The van der Waals surface area contributed by atoms with E-state index in [1.807, 2.05) is 62.4 Å². The SMILES string of the molecule is Cc1ccc(C)c(OCCC(=O)NCC#Cc2ccccc2)c1. The minimum atomic E-state index is -0.0577. The molecule has 0 saturated heterocycles. The Balaban J connectivity index is 1.69. The quantitative estimate of drug-likeness (QED) is 0.861. The summed E-state index contributed by atoms with van der Waals surface area (Å²) in [4.78, 5) is 11.7. The summed E-state index contributed by atoms with van der Waals surface area (Å²) in [6.07, 6.45) is 0.320. The third-order valence-electron chi connectivity index (χ3n) is 3.31. The number of ether oxygens (including phenoxy) is 1. The Bertz CT molecular complexity index is 711. The Morgan fingerprint density at radius 3 is 2.70 bits per heavy atom. The Hall–Kier alpha value is -2.73. The predicted molar refractivity (Wildman–Crippen MR) is 92.4 cm³/mol. The number of rotatable bonds is 5. The van der Waals surface area contributed by atoms with Crippen molar-refractivity contribution in [2.75, 3.05) is 13.2 Å². The van der Waals surface area contributed by atoms with E-state index in [1.54, 1.807) is 0 Å². The molecule has 0 aliphatic heterocycles. The van der Waals surface area contributed by atoms with Crippen LogP contribution < -0.4 is 10.1 Å². The van der Waals surface area contributed by atoms with Gasteiger partial charge in [-0.15, -0.1) is 0 Å². The summed E-state index contributed by atoms with van der Waals surface area (Å²) in [5.74, 6) is 6.71. The molecule has 2 aromatic carbocycles. The van der Waals surface area contributed by atoms with Gasteiger partial charge in [0.25, 0.3) is 0 Å². The highest BCUT2D eigenvalue weighted by Gasteiger charge is 2.03. The molecular formula is C20H21NO2. The second kappa shape index (κ2) is 8.65. The minimum absolute atomic E-state index is 0.0577. The maximum Gasteiger partial charge on any atom is 0.224 e. The van der Waals surface area contributed by atoms with E-state index in [0.29, 0.717) is 19.6 Å². The van der Waals surface area contributed by atoms with E-state index in [-0.39, 0.29) is 5.91 Å². The summed E-state index contributed by atoms with van der Waals surface area (Å²) < 4.78 is 5.67. The lowest BCUT2D eigenvalue weighted by Crippen LogP contribution is -2.25. The van der Waals surface area contributed by atoms with Gasteiger partial charge in [-0.25, -0.2) is 0 Å². The molecule has 118 valence electrons. The van der Waals surface area contributed by atoms with Crippen LogP contribution in [-0.4, -0.2) is 19.1 Å². The highest BCUT2D eigenvalue weighted by Crippen LogP contribution is 2.19. The van der Waals surface area contributed by atoms with E-state index in [4.69, 9.17) is 4.74 Å². The van der Waals surface area contributed by atoms with Crippen molar-refractivity contribution in [3.63, 3.8) is 0 Å². The molecule has 23 heavy (non-hydrogen) atoms. The van der Waals surface area contributed by atoms with E-state index in [1.165, 1.54) is 0 Å². The summed E-state index contributed by atoms with van der Waals surface area (Å²) >= 11 is 0. The first kappa shape index (κ1) is 16.6. The first-order valence-corrected chi connectivity index (χ1v) is 7.66. The van der Waals surface area contributed by atoms with Crippen LogP contribution in [0.2, 0.25) is 0 Å². The number of carbonyl (C=O) groups excluding carboxylic acids is 1. The van der Waals surface area contributed by atoms with Crippen molar-refractivity contribution < 1.29 is 9.53 Å². The van der Waals surface area contributed by atoms with Crippen molar-refractivity contribution in [2.45, 2.75) is 20.3 Å².